The van der Waals surface area contributed by atoms with Gasteiger partial charge in [0.25, 0.3) is 5.91 Å². The molecule has 0 heterocycles. The predicted octanol–water partition coefficient (Wildman–Crippen LogP) is 1.68. The Morgan fingerprint density at radius 3 is 2.44 bits per heavy atom. The van der Waals surface area contributed by atoms with Crippen LogP contribution in [0.5, 0.6) is 0 Å². The first-order valence-corrected chi connectivity index (χ1v) is 5.89. The predicted molar refractivity (Wildman–Crippen MR) is 68.3 cm³/mol. The molecule has 0 bridgehead atoms. The van der Waals surface area contributed by atoms with Crippen LogP contribution >= 0.6 is 0 Å². The van der Waals surface area contributed by atoms with Crippen molar-refractivity contribution in [2.24, 2.45) is 0 Å². The van der Waals surface area contributed by atoms with Crippen molar-refractivity contribution in [3.05, 3.63) is 35.4 Å². The second-order valence-electron chi connectivity index (χ2n) is 3.77. The molecule has 18 heavy (non-hydrogen) atoms. The second-order valence-corrected chi connectivity index (χ2v) is 3.77. The Morgan fingerprint density at radius 1 is 1.22 bits per heavy atom. The number of ether oxygens (including phenoxy) is 1. The molecule has 0 saturated carbocycles. The molecule has 0 atom stereocenters. The van der Waals surface area contributed by atoms with E-state index < -0.39 is 6.09 Å². The largest absolute Gasteiger partial charge is 0.450 e. The summed E-state index contributed by atoms with van der Waals surface area (Å²) in [6, 6.07) is 7.02. The van der Waals surface area contributed by atoms with Crippen molar-refractivity contribution in [3.63, 3.8) is 0 Å². The van der Waals surface area contributed by atoms with E-state index in [1.54, 1.807) is 31.3 Å². The van der Waals surface area contributed by atoms with Crippen molar-refractivity contribution in [2.45, 2.75) is 19.9 Å². The van der Waals surface area contributed by atoms with Crippen LogP contribution in [0.3, 0.4) is 0 Å². The minimum Gasteiger partial charge on any atom is -0.450 e. The van der Waals surface area contributed by atoms with E-state index in [1.165, 1.54) is 0 Å². The first-order valence-electron chi connectivity index (χ1n) is 5.89. The van der Waals surface area contributed by atoms with E-state index in [4.69, 9.17) is 4.74 Å². The number of hydrogen-bond acceptors (Lipinski definition) is 3. The zero-order valence-electron chi connectivity index (χ0n) is 10.7. The Kier molecular flexibility index (Phi) is 5.70. The Balaban J connectivity index is 2.44. The number of benzene rings is 1. The molecule has 0 aliphatic heterocycles. The zero-order valence-corrected chi connectivity index (χ0v) is 10.7. The normalized spacial score (nSPS) is 9.67. The standard InChI is InChI=1S/C13H18N2O3/c1-3-8-18-13(17)15-9-10-4-6-11(7-5-10)12(16)14-2/h4-7H,3,8-9H2,1-2H3,(H,14,16)(H,15,17). The van der Waals surface area contributed by atoms with Crippen LogP contribution in [0.2, 0.25) is 0 Å². The fourth-order valence-electron chi connectivity index (χ4n) is 1.34. The van der Waals surface area contributed by atoms with Crippen molar-refractivity contribution in [3.8, 4) is 0 Å². The summed E-state index contributed by atoms with van der Waals surface area (Å²) in [6.45, 7) is 2.74. The highest BCUT2D eigenvalue weighted by Crippen LogP contribution is 2.04. The van der Waals surface area contributed by atoms with Gasteiger partial charge in [0, 0.05) is 19.2 Å². The fourth-order valence-corrected chi connectivity index (χ4v) is 1.34. The number of alkyl carbamates (subject to hydrolysis) is 1. The van der Waals surface area contributed by atoms with Crippen LogP contribution in [0, 0.1) is 0 Å². The number of nitrogens with one attached hydrogen (secondary N) is 2. The molecule has 5 nitrogen and oxygen atoms in total. The highest BCUT2D eigenvalue weighted by Gasteiger charge is 2.04. The lowest BCUT2D eigenvalue weighted by Gasteiger charge is -2.06. The van der Waals surface area contributed by atoms with Gasteiger partial charge < -0.3 is 15.4 Å². The molecule has 0 fully saturated rings. The van der Waals surface area contributed by atoms with Crippen LogP contribution in [0.1, 0.15) is 29.3 Å². The third kappa shape index (κ3) is 4.45. The smallest absolute Gasteiger partial charge is 0.407 e. The molecule has 0 aliphatic carbocycles. The molecular weight excluding hydrogens is 232 g/mol. The molecule has 1 aromatic carbocycles. The molecule has 0 spiro atoms. The number of carbonyl (C=O) groups is 2. The van der Waals surface area contributed by atoms with E-state index in [0.29, 0.717) is 18.7 Å². The van der Waals surface area contributed by atoms with Crippen molar-refractivity contribution >= 4 is 12.0 Å². The van der Waals surface area contributed by atoms with Gasteiger partial charge in [0.1, 0.15) is 0 Å². The molecule has 2 N–H and O–H groups in total. The quantitative estimate of drug-likeness (QED) is 0.835. The third-order valence-electron chi connectivity index (χ3n) is 2.32. The second kappa shape index (κ2) is 7.32. The van der Waals surface area contributed by atoms with Crippen molar-refractivity contribution in [1.29, 1.82) is 0 Å². The lowest BCUT2D eigenvalue weighted by molar-refractivity contribution is 0.0963. The summed E-state index contributed by atoms with van der Waals surface area (Å²) < 4.78 is 4.88. The van der Waals surface area contributed by atoms with Gasteiger partial charge in [-0.05, 0) is 24.1 Å². The van der Waals surface area contributed by atoms with E-state index in [9.17, 15) is 9.59 Å². The summed E-state index contributed by atoms with van der Waals surface area (Å²) in [7, 11) is 1.58. The van der Waals surface area contributed by atoms with E-state index >= 15 is 0 Å². The first-order chi connectivity index (χ1) is 8.67. The average molecular weight is 250 g/mol. The van der Waals surface area contributed by atoms with Crippen LogP contribution in [0.15, 0.2) is 24.3 Å². The van der Waals surface area contributed by atoms with Gasteiger partial charge in [-0.2, -0.15) is 0 Å². The summed E-state index contributed by atoms with van der Waals surface area (Å²) in [4.78, 5) is 22.5. The lowest BCUT2D eigenvalue weighted by Crippen LogP contribution is -2.24. The minimum absolute atomic E-state index is 0.128. The Morgan fingerprint density at radius 2 is 1.89 bits per heavy atom. The van der Waals surface area contributed by atoms with E-state index in [0.717, 1.165) is 12.0 Å². The van der Waals surface area contributed by atoms with Gasteiger partial charge in [0.05, 0.1) is 6.61 Å². The first kappa shape index (κ1) is 14.0. The average Bonchev–Trinajstić information content (AvgIpc) is 2.42. The minimum atomic E-state index is -0.424. The molecule has 2 amide bonds. The number of rotatable bonds is 5. The van der Waals surface area contributed by atoms with Gasteiger partial charge in [0.2, 0.25) is 0 Å². The van der Waals surface area contributed by atoms with Gasteiger partial charge in [-0.15, -0.1) is 0 Å². The highest BCUT2D eigenvalue weighted by atomic mass is 16.5. The summed E-state index contributed by atoms with van der Waals surface area (Å²) in [5.74, 6) is -0.128. The summed E-state index contributed by atoms with van der Waals surface area (Å²) >= 11 is 0. The number of amides is 2. The molecule has 0 radical (unpaired) electrons. The van der Waals surface area contributed by atoms with Crippen LogP contribution in [-0.2, 0) is 11.3 Å². The van der Waals surface area contributed by atoms with Gasteiger partial charge >= 0.3 is 6.09 Å². The Bertz CT molecular complexity index is 401. The molecule has 5 heteroatoms. The molecular formula is C13H18N2O3. The van der Waals surface area contributed by atoms with Gasteiger partial charge in [0.15, 0.2) is 0 Å². The van der Waals surface area contributed by atoms with E-state index in [1.807, 2.05) is 6.92 Å². The Labute approximate surface area is 107 Å². The molecule has 0 unspecified atom stereocenters. The van der Waals surface area contributed by atoms with Crippen molar-refractivity contribution < 1.29 is 14.3 Å². The number of hydrogen-bond donors (Lipinski definition) is 2. The molecule has 1 aromatic rings. The topological polar surface area (TPSA) is 67.4 Å². The van der Waals surface area contributed by atoms with Crippen molar-refractivity contribution in [1.82, 2.24) is 10.6 Å². The third-order valence-corrected chi connectivity index (χ3v) is 2.32. The molecule has 0 saturated heterocycles. The molecule has 98 valence electrons. The fraction of sp³-hybridized carbons (Fsp3) is 0.385. The SMILES string of the molecule is CCCOC(=O)NCc1ccc(C(=O)NC)cc1. The van der Waals surface area contributed by atoms with Gasteiger partial charge in [-0.1, -0.05) is 19.1 Å². The summed E-state index contributed by atoms with van der Waals surface area (Å²) in [5.41, 5.74) is 1.51. The molecule has 0 aromatic heterocycles. The van der Waals surface area contributed by atoms with Crippen LogP contribution < -0.4 is 10.6 Å². The maximum atomic E-state index is 11.3. The zero-order chi connectivity index (χ0) is 13.4. The van der Waals surface area contributed by atoms with E-state index in [-0.39, 0.29) is 5.91 Å². The monoisotopic (exact) mass is 250 g/mol. The maximum Gasteiger partial charge on any atom is 0.407 e. The maximum absolute atomic E-state index is 11.3. The van der Waals surface area contributed by atoms with Gasteiger partial charge in [-0.3, -0.25) is 4.79 Å². The Hall–Kier alpha value is -2.04. The van der Waals surface area contributed by atoms with Gasteiger partial charge in [-0.25, -0.2) is 4.79 Å². The van der Waals surface area contributed by atoms with E-state index in [2.05, 4.69) is 10.6 Å². The molecule has 0 aliphatic rings. The number of carbonyl (C=O) groups excluding carboxylic acids is 2. The van der Waals surface area contributed by atoms with Crippen LogP contribution in [0.25, 0.3) is 0 Å². The molecule has 1 rings (SSSR count). The highest BCUT2D eigenvalue weighted by molar-refractivity contribution is 5.93. The van der Waals surface area contributed by atoms with Crippen molar-refractivity contribution in [2.75, 3.05) is 13.7 Å². The van der Waals surface area contributed by atoms with Crippen LogP contribution in [0.4, 0.5) is 4.79 Å². The lowest BCUT2D eigenvalue weighted by atomic mass is 10.1. The van der Waals surface area contributed by atoms with Crippen LogP contribution in [-0.4, -0.2) is 25.7 Å². The summed E-state index contributed by atoms with van der Waals surface area (Å²) in [6.07, 6.45) is 0.376. The summed E-state index contributed by atoms with van der Waals surface area (Å²) in [5, 5.41) is 5.18.